The van der Waals surface area contributed by atoms with Gasteiger partial charge >= 0.3 is 5.69 Å². The summed E-state index contributed by atoms with van der Waals surface area (Å²) in [4.78, 5) is 27.0. The molecular weight excluding hydrogens is 358 g/mol. The van der Waals surface area contributed by atoms with Crippen LogP contribution < -0.4 is 16.6 Å². The quantitative estimate of drug-likeness (QED) is 0.861. The van der Waals surface area contributed by atoms with Crippen LogP contribution in [0.25, 0.3) is 0 Å². The van der Waals surface area contributed by atoms with E-state index in [0.717, 1.165) is 23.7 Å². The summed E-state index contributed by atoms with van der Waals surface area (Å²) in [5.74, 6) is 0.481. The Labute approximate surface area is 142 Å². The smallest absolute Gasteiger partial charge is 0.330 e. The molecule has 1 heterocycles. The fraction of sp³-hybridized carbons (Fsp3) is 0.412. The van der Waals surface area contributed by atoms with Crippen LogP contribution in [0.4, 0.5) is 5.82 Å². The first kappa shape index (κ1) is 16.1. The third kappa shape index (κ3) is 3.13. The predicted molar refractivity (Wildman–Crippen MR) is 95.2 cm³/mol. The largest absolute Gasteiger partial charge is 0.365 e. The van der Waals surface area contributed by atoms with Crippen LogP contribution in [0.1, 0.15) is 49.9 Å². The number of benzene rings is 1. The van der Waals surface area contributed by atoms with Crippen molar-refractivity contribution in [3.8, 4) is 0 Å². The summed E-state index contributed by atoms with van der Waals surface area (Å²) in [5.41, 5.74) is 1.87. The Morgan fingerprint density at radius 3 is 2.83 bits per heavy atom. The molecule has 0 unspecified atom stereocenters. The molecular formula is C17H20BrN3O2. The molecule has 0 fully saturated rings. The van der Waals surface area contributed by atoms with Crippen LogP contribution in [0.15, 0.2) is 38.3 Å². The van der Waals surface area contributed by atoms with Crippen LogP contribution in [0.5, 0.6) is 0 Å². The first-order chi connectivity index (χ1) is 11.0. The Morgan fingerprint density at radius 1 is 1.35 bits per heavy atom. The average Bonchev–Trinajstić information content (AvgIpc) is 2.47. The van der Waals surface area contributed by atoms with E-state index < -0.39 is 0 Å². The van der Waals surface area contributed by atoms with E-state index in [1.807, 2.05) is 26.0 Å². The molecule has 1 aliphatic carbocycles. The van der Waals surface area contributed by atoms with Gasteiger partial charge in [0.2, 0.25) is 0 Å². The van der Waals surface area contributed by atoms with E-state index in [1.54, 1.807) is 0 Å². The Bertz CT molecular complexity index is 807. The third-order valence-corrected chi connectivity index (χ3v) is 5.00. The maximum atomic E-state index is 12.1. The Kier molecular flexibility index (Phi) is 4.43. The lowest BCUT2D eigenvalue weighted by molar-refractivity contribution is 0.544. The second-order valence-corrected chi connectivity index (χ2v) is 7.04. The molecule has 5 nitrogen and oxygen atoms in total. The number of rotatable bonds is 3. The molecule has 2 aromatic rings. The number of nitrogens with zero attached hydrogens (tertiary/aromatic N) is 1. The summed E-state index contributed by atoms with van der Waals surface area (Å²) in [6, 6.07) is 7.57. The lowest BCUT2D eigenvalue weighted by atomic mass is 9.88. The van der Waals surface area contributed by atoms with E-state index in [2.05, 4.69) is 32.3 Å². The van der Waals surface area contributed by atoms with Crippen molar-refractivity contribution in [1.82, 2.24) is 9.55 Å². The molecule has 6 heteroatoms. The number of fused-ring (bicyclic) bond motifs is 1. The van der Waals surface area contributed by atoms with E-state index in [-0.39, 0.29) is 23.3 Å². The monoisotopic (exact) mass is 377 g/mol. The molecule has 0 saturated carbocycles. The molecule has 0 amide bonds. The highest BCUT2D eigenvalue weighted by Gasteiger charge is 2.22. The van der Waals surface area contributed by atoms with E-state index >= 15 is 0 Å². The molecule has 2 N–H and O–H groups in total. The van der Waals surface area contributed by atoms with Crippen molar-refractivity contribution in [2.24, 2.45) is 0 Å². The highest BCUT2D eigenvalue weighted by atomic mass is 79.9. The molecule has 0 saturated heterocycles. The van der Waals surface area contributed by atoms with Crippen molar-refractivity contribution >= 4 is 21.7 Å². The standard InChI is InChI=1S/C17H20BrN3O2/c1-10(2)21-16(22)9-15(20-17(21)23)19-14-8-4-5-11-12(14)6-3-7-13(11)18/h3,6-7,9-10,14,19H,4-5,8H2,1-2H3,(H,20,23)/t14-/m0/s1. The van der Waals surface area contributed by atoms with Crippen molar-refractivity contribution in [1.29, 1.82) is 0 Å². The van der Waals surface area contributed by atoms with Crippen molar-refractivity contribution in [3.63, 3.8) is 0 Å². The maximum absolute atomic E-state index is 12.1. The predicted octanol–water partition coefficient (Wildman–Crippen LogP) is 3.37. The van der Waals surface area contributed by atoms with E-state index in [4.69, 9.17) is 0 Å². The summed E-state index contributed by atoms with van der Waals surface area (Å²) in [5, 5.41) is 3.32. The number of nitrogens with one attached hydrogen (secondary N) is 2. The highest BCUT2D eigenvalue weighted by Crippen LogP contribution is 2.35. The molecule has 0 bridgehead atoms. The van der Waals surface area contributed by atoms with Gasteiger partial charge < -0.3 is 5.32 Å². The summed E-state index contributed by atoms with van der Waals surface area (Å²) >= 11 is 3.60. The first-order valence-electron chi connectivity index (χ1n) is 7.87. The van der Waals surface area contributed by atoms with Gasteiger partial charge in [-0.05, 0) is 50.3 Å². The van der Waals surface area contributed by atoms with Crippen LogP contribution in [-0.2, 0) is 6.42 Å². The molecule has 3 rings (SSSR count). The summed E-state index contributed by atoms with van der Waals surface area (Å²) in [7, 11) is 0. The first-order valence-corrected chi connectivity index (χ1v) is 8.66. The van der Waals surface area contributed by atoms with Crippen LogP contribution >= 0.6 is 15.9 Å². The minimum Gasteiger partial charge on any atom is -0.365 e. The van der Waals surface area contributed by atoms with Crippen LogP contribution in [-0.4, -0.2) is 9.55 Å². The van der Waals surface area contributed by atoms with Crippen molar-refractivity contribution in [3.05, 3.63) is 60.7 Å². The number of aromatic nitrogens is 2. The van der Waals surface area contributed by atoms with Crippen LogP contribution in [0, 0.1) is 0 Å². The number of halogens is 1. The van der Waals surface area contributed by atoms with Gasteiger partial charge in [0.1, 0.15) is 5.82 Å². The molecule has 23 heavy (non-hydrogen) atoms. The zero-order valence-corrected chi connectivity index (χ0v) is 14.8. The summed E-state index contributed by atoms with van der Waals surface area (Å²) in [6.45, 7) is 3.64. The van der Waals surface area contributed by atoms with Crippen LogP contribution in [0.2, 0.25) is 0 Å². The molecule has 1 aliphatic rings. The molecule has 0 aliphatic heterocycles. The zero-order valence-electron chi connectivity index (χ0n) is 13.2. The Morgan fingerprint density at radius 2 is 2.13 bits per heavy atom. The minimum atomic E-state index is -0.375. The fourth-order valence-corrected chi connectivity index (χ4v) is 3.79. The van der Waals surface area contributed by atoms with Gasteiger partial charge in [-0.3, -0.25) is 14.3 Å². The van der Waals surface area contributed by atoms with Gasteiger partial charge in [0.25, 0.3) is 5.56 Å². The average molecular weight is 378 g/mol. The minimum absolute atomic E-state index is 0.0983. The highest BCUT2D eigenvalue weighted by molar-refractivity contribution is 9.10. The molecule has 1 atom stereocenters. The lowest BCUT2D eigenvalue weighted by Gasteiger charge is -2.27. The number of H-pyrrole nitrogens is 1. The summed E-state index contributed by atoms with van der Waals surface area (Å²) < 4.78 is 2.33. The molecule has 1 aromatic carbocycles. The van der Waals surface area contributed by atoms with Crippen molar-refractivity contribution in [2.75, 3.05) is 5.32 Å². The van der Waals surface area contributed by atoms with Gasteiger partial charge in [0.15, 0.2) is 0 Å². The zero-order chi connectivity index (χ0) is 16.6. The van der Waals surface area contributed by atoms with Gasteiger partial charge in [-0.25, -0.2) is 4.79 Å². The molecule has 0 spiro atoms. The van der Waals surface area contributed by atoms with E-state index in [9.17, 15) is 9.59 Å². The van der Waals surface area contributed by atoms with Gasteiger partial charge in [0.05, 0.1) is 6.04 Å². The SMILES string of the molecule is CC(C)n1c(=O)cc(N[C@H]2CCCc3c(Br)cccc32)[nH]c1=O. The number of aromatic amines is 1. The summed E-state index contributed by atoms with van der Waals surface area (Å²) in [6.07, 6.45) is 3.08. The second-order valence-electron chi connectivity index (χ2n) is 6.19. The van der Waals surface area contributed by atoms with Gasteiger partial charge in [0, 0.05) is 16.6 Å². The van der Waals surface area contributed by atoms with E-state index in [0.29, 0.717) is 5.82 Å². The number of hydrogen-bond donors (Lipinski definition) is 2. The van der Waals surface area contributed by atoms with Crippen LogP contribution in [0.3, 0.4) is 0 Å². The normalized spacial score (nSPS) is 17.1. The van der Waals surface area contributed by atoms with Gasteiger partial charge in [-0.2, -0.15) is 0 Å². The number of hydrogen-bond acceptors (Lipinski definition) is 3. The Balaban J connectivity index is 1.94. The third-order valence-electron chi connectivity index (χ3n) is 4.26. The molecule has 122 valence electrons. The molecule has 0 radical (unpaired) electrons. The van der Waals surface area contributed by atoms with Gasteiger partial charge in [-0.15, -0.1) is 0 Å². The fourth-order valence-electron chi connectivity index (χ4n) is 3.21. The lowest BCUT2D eigenvalue weighted by Crippen LogP contribution is -2.36. The molecule has 1 aromatic heterocycles. The Hall–Kier alpha value is -1.82. The topological polar surface area (TPSA) is 66.9 Å². The van der Waals surface area contributed by atoms with E-state index in [1.165, 1.54) is 21.8 Å². The number of anilines is 1. The van der Waals surface area contributed by atoms with Crippen molar-refractivity contribution < 1.29 is 0 Å². The van der Waals surface area contributed by atoms with Crippen molar-refractivity contribution in [2.45, 2.75) is 45.2 Å². The second kappa shape index (κ2) is 6.35. The van der Waals surface area contributed by atoms with Gasteiger partial charge in [-0.1, -0.05) is 28.1 Å². The maximum Gasteiger partial charge on any atom is 0.330 e.